The fourth-order valence-corrected chi connectivity index (χ4v) is 2.02. The summed E-state index contributed by atoms with van der Waals surface area (Å²) in [6.07, 6.45) is 1.22. The summed E-state index contributed by atoms with van der Waals surface area (Å²) < 4.78 is 13.3. The van der Waals surface area contributed by atoms with Crippen LogP contribution in [0.15, 0.2) is 24.3 Å². The third kappa shape index (κ3) is 3.53. The summed E-state index contributed by atoms with van der Waals surface area (Å²) in [4.78, 5) is 11.6. The minimum absolute atomic E-state index is 0.109. The minimum atomic E-state index is -0.315. The van der Waals surface area contributed by atoms with E-state index < -0.39 is 0 Å². The lowest BCUT2D eigenvalue weighted by Crippen LogP contribution is -2.31. The van der Waals surface area contributed by atoms with Crippen LogP contribution < -0.4 is 10.6 Å². The van der Waals surface area contributed by atoms with Crippen molar-refractivity contribution in [3.8, 4) is 0 Å². The van der Waals surface area contributed by atoms with E-state index in [-0.39, 0.29) is 18.1 Å². The molecule has 2 rings (SSSR count). The second-order valence-electron chi connectivity index (χ2n) is 4.43. The Morgan fingerprint density at radius 2 is 2.29 bits per heavy atom. The maximum Gasteiger partial charge on any atom is 0.224 e. The van der Waals surface area contributed by atoms with Crippen LogP contribution in [0, 0.1) is 11.7 Å². The van der Waals surface area contributed by atoms with Crippen molar-refractivity contribution in [3.63, 3.8) is 0 Å². The summed E-state index contributed by atoms with van der Waals surface area (Å²) in [7, 11) is 0. The molecule has 4 heteroatoms. The highest BCUT2D eigenvalue weighted by Crippen LogP contribution is 2.08. The summed E-state index contributed by atoms with van der Waals surface area (Å²) >= 11 is 0. The van der Waals surface area contributed by atoms with Crippen LogP contribution >= 0.6 is 0 Å². The Kier molecular flexibility index (Phi) is 4.09. The first kappa shape index (κ1) is 12.0. The number of benzene rings is 1. The molecule has 1 fully saturated rings. The van der Waals surface area contributed by atoms with Gasteiger partial charge in [-0.25, -0.2) is 4.39 Å². The van der Waals surface area contributed by atoms with Crippen molar-refractivity contribution in [1.29, 1.82) is 0 Å². The van der Waals surface area contributed by atoms with Crippen molar-refractivity contribution in [2.75, 3.05) is 19.6 Å². The minimum Gasteiger partial charge on any atom is -0.355 e. The molecular weight excluding hydrogens is 219 g/mol. The molecule has 0 aromatic heterocycles. The lowest BCUT2D eigenvalue weighted by Gasteiger charge is -2.10. The van der Waals surface area contributed by atoms with E-state index in [1.165, 1.54) is 6.07 Å². The van der Waals surface area contributed by atoms with Crippen LogP contribution in [0.5, 0.6) is 0 Å². The Hall–Kier alpha value is -1.42. The third-order valence-electron chi connectivity index (χ3n) is 3.06. The van der Waals surface area contributed by atoms with Gasteiger partial charge in [-0.2, -0.15) is 0 Å². The van der Waals surface area contributed by atoms with Crippen LogP contribution in [0.2, 0.25) is 0 Å². The predicted molar refractivity (Wildman–Crippen MR) is 64.1 cm³/mol. The van der Waals surface area contributed by atoms with Crippen LogP contribution in [0.4, 0.5) is 4.39 Å². The molecule has 1 amide bonds. The molecule has 1 aliphatic heterocycles. The first-order valence-corrected chi connectivity index (χ1v) is 5.96. The van der Waals surface area contributed by atoms with E-state index in [4.69, 9.17) is 0 Å². The molecule has 3 nitrogen and oxygen atoms in total. The number of hydrogen-bond acceptors (Lipinski definition) is 2. The standard InChI is InChI=1S/C13H17FN2O/c14-12-4-2-1-3-11(12)7-13(17)16-9-10-5-6-15-8-10/h1-4,10,15H,5-9H2,(H,16,17). The normalized spacial score (nSPS) is 19.2. The number of amides is 1. The molecule has 17 heavy (non-hydrogen) atoms. The third-order valence-corrected chi connectivity index (χ3v) is 3.06. The smallest absolute Gasteiger partial charge is 0.224 e. The number of halogens is 1. The van der Waals surface area contributed by atoms with E-state index in [0.29, 0.717) is 18.0 Å². The Morgan fingerprint density at radius 3 is 3.00 bits per heavy atom. The van der Waals surface area contributed by atoms with Gasteiger partial charge in [-0.3, -0.25) is 4.79 Å². The summed E-state index contributed by atoms with van der Waals surface area (Å²) in [5, 5.41) is 6.10. The fraction of sp³-hybridized carbons (Fsp3) is 0.462. The maximum atomic E-state index is 13.3. The van der Waals surface area contributed by atoms with Gasteiger partial charge in [0.15, 0.2) is 0 Å². The Morgan fingerprint density at radius 1 is 1.47 bits per heavy atom. The molecule has 0 radical (unpaired) electrons. The zero-order valence-electron chi connectivity index (χ0n) is 9.71. The van der Waals surface area contributed by atoms with Crippen molar-refractivity contribution in [3.05, 3.63) is 35.6 Å². The molecule has 0 aliphatic carbocycles. The van der Waals surface area contributed by atoms with Gasteiger partial charge in [0.05, 0.1) is 6.42 Å². The summed E-state index contributed by atoms with van der Waals surface area (Å²) in [5.74, 6) is 0.0896. The average molecular weight is 236 g/mol. The molecule has 1 aromatic carbocycles. The molecule has 92 valence electrons. The molecule has 1 unspecified atom stereocenters. The van der Waals surface area contributed by atoms with Gasteiger partial charge in [-0.05, 0) is 37.1 Å². The zero-order valence-corrected chi connectivity index (χ0v) is 9.71. The highest BCUT2D eigenvalue weighted by molar-refractivity contribution is 5.78. The lowest BCUT2D eigenvalue weighted by atomic mass is 10.1. The highest BCUT2D eigenvalue weighted by Gasteiger charge is 2.15. The van der Waals surface area contributed by atoms with Crippen LogP contribution in [-0.2, 0) is 11.2 Å². The van der Waals surface area contributed by atoms with Gasteiger partial charge in [0.25, 0.3) is 0 Å². The van der Waals surface area contributed by atoms with Crippen molar-refractivity contribution in [1.82, 2.24) is 10.6 Å². The lowest BCUT2D eigenvalue weighted by molar-refractivity contribution is -0.120. The van der Waals surface area contributed by atoms with Gasteiger partial charge in [-0.15, -0.1) is 0 Å². The van der Waals surface area contributed by atoms with E-state index in [9.17, 15) is 9.18 Å². The fourth-order valence-electron chi connectivity index (χ4n) is 2.02. The molecular formula is C13H17FN2O. The van der Waals surface area contributed by atoms with Gasteiger partial charge < -0.3 is 10.6 Å². The van der Waals surface area contributed by atoms with Crippen LogP contribution in [0.25, 0.3) is 0 Å². The first-order chi connectivity index (χ1) is 8.25. The highest BCUT2D eigenvalue weighted by atomic mass is 19.1. The number of carbonyl (C=O) groups excluding carboxylic acids is 1. The maximum absolute atomic E-state index is 13.3. The van der Waals surface area contributed by atoms with Gasteiger partial charge in [0.1, 0.15) is 5.82 Å². The van der Waals surface area contributed by atoms with E-state index in [1.54, 1.807) is 18.2 Å². The summed E-state index contributed by atoms with van der Waals surface area (Å²) in [6, 6.07) is 6.39. The van der Waals surface area contributed by atoms with Gasteiger partial charge in [0.2, 0.25) is 5.91 Å². The number of hydrogen-bond donors (Lipinski definition) is 2. The van der Waals surface area contributed by atoms with Gasteiger partial charge in [-0.1, -0.05) is 18.2 Å². The Bertz CT molecular complexity index is 389. The number of nitrogens with one attached hydrogen (secondary N) is 2. The molecule has 1 heterocycles. The van der Waals surface area contributed by atoms with E-state index >= 15 is 0 Å². The van der Waals surface area contributed by atoms with Crippen LogP contribution in [-0.4, -0.2) is 25.5 Å². The summed E-state index contributed by atoms with van der Waals surface area (Å²) in [6.45, 7) is 2.66. The van der Waals surface area contributed by atoms with Crippen molar-refractivity contribution in [2.45, 2.75) is 12.8 Å². The second-order valence-corrected chi connectivity index (χ2v) is 4.43. The van der Waals surface area contributed by atoms with Crippen LogP contribution in [0.1, 0.15) is 12.0 Å². The van der Waals surface area contributed by atoms with Crippen LogP contribution in [0.3, 0.4) is 0 Å². The largest absolute Gasteiger partial charge is 0.355 e. The monoisotopic (exact) mass is 236 g/mol. The quantitative estimate of drug-likeness (QED) is 0.821. The zero-order chi connectivity index (χ0) is 12.1. The molecule has 1 aliphatic rings. The van der Waals surface area contributed by atoms with E-state index in [1.807, 2.05) is 0 Å². The van der Waals surface area contributed by atoms with Crippen molar-refractivity contribution in [2.24, 2.45) is 5.92 Å². The Balaban J connectivity index is 1.79. The number of rotatable bonds is 4. The second kappa shape index (κ2) is 5.77. The van der Waals surface area contributed by atoms with E-state index in [0.717, 1.165) is 19.5 Å². The number of carbonyl (C=O) groups is 1. The van der Waals surface area contributed by atoms with Crippen molar-refractivity contribution < 1.29 is 9.18 Å². The molecule has 1 saturated heterocycles. The Labute approximate surface area is 100 Å². The van der Waals surface area contributed by atoms with Crippen molar-refractivity contribution >= 4 is 5.91 Å². The molecule has 0 spiro atoms. The van der Waals surface area contributed by atoms with Gasteiger partial charge >= 0.3 is 0 Å². The van der Waals surface area contributed by atoms with E-state index in [2.05, 4.69) is 10.6 Å². The molecule has 0 bridgehead atoms. The molecule has 1 atom stereocenters. The molecule has 0 saturated carbocycles. The van der Waals surface area contributed by atoms with Gasteiger partial charge in [0, 0.05) is 6.54 Å². The first-order valence-electron chi connectivity index (χ1n) is 5.96. The molecule has 1 aromatic rings. The topological polar surface area (TPSA) is 41.1 Å². The predicted octanol–water partition coefficient (Wildman–Crippen LogP) is 1.09. The summed E-state index contributed by atoms with van der Waals surface area (Å²) in [5.41, 5.74) is 0.453. The average Bonchev–Trinajstić information content (AvgIpc) is 2.82. The molecule has 2 N–H and O–H groups in total. The SMILES string of the molecule is O=C(Cc1ccccc1F)NCC1CCNC1.